The van der Waals surface area contributed by atoms with Gasteiger partial charge in [0.05, 0.1) is 7.11 Å². The van der Waals surface area contributed by atoms with Crippen LogP contribution in [0.3, 0.4) is 0 Å². The molecule has 0 spiro atoms. The summed E-state index contributed by atoms with van der Waals surface area (Å²) in [4.78, 5) is 30.0. The van der Waals surface area contributed by atoms with Crippen molar-refractivity contribution in [3.8, 4) is 5.75 Å². The molecule has 0 unspecified atom stereocenters. The fraction of sp³-hybridized carbons (Fsp3) is 0.517. The first kappa shape index (κ1) is 26.7. The summed E-state index contributed by atoms with van der Waals surface area (Å²) in [5, 5.41) is 3.03. The second kappa shape index (κ2) is 13.3. The maximum Gasteiger partial charge on any atom is 0.251 e. The quantitative estimate of drug-likeness (QED) is 0.603. The van der Waals surface area contributed by atoms with Crippen LogP contribution in [0.2, 0.25) is 0 Å². The van der Waals surface area contributed by atoms with Crippen molar-refractivity contribution in [2.45, 2.75) is 66.0 Å². The van der Waals surface area contributed by atoms with Crippen LogP contribution in [0, 0.1) is 5.92 Å². The van der Waals surface area contributed by atoms with Crippen LogP contribution in [0.5, 0.6) is 5.75 Å². The molecule has 2 amide bonds. The molecule has 0 aliphatic carbocycles. The average molecular weight is 480 g/mol. The molecule has 3 rings (SSSR count). The number of nitrogens with zero attached hydrogens (tertiary/aromatic N) is 2. The highest BCUT2D eigenvalue weighted by molar-refractivity contribution is 5.97. The Kier molecular flexibility index (Phi) is 10.2. The van der Waals surface area contributed by atoms with E-state index in [4.69, 9.17) is 4.74 Å². The Morgan fingerprint density at radius 3 is 2.46 bits per heavy atom. The van der Waals surface area contributed by atoms with Gasteiger partial charge in [0, 0.05) is 44.4 Å². The van der Waals surface area contributed by atoms with Gasteiger partial charge in [-0.3, -0.25) is 14.5 Å². The molecule has 1 N–H and O–H groups in total. The number of carbonyl (C=O) groups is 2. The van der Waals surface area contributed by atoms with Gasteiger partial charge in [0.25, 0.3) is 5.91 Å². The minimum Gasteiger partial charge on any atom is -0.497 e. The maximum absolute atomic E-state index is 13.1. The summed E-state index contributed by atoms with van der Waals surface area (Å²) >= 11 is 0. The number of benzene rings is 2. The van der Waals surface area contributed by atoms with E-state index >= 15 is 0 Å². The van der Waals surface area contributed by atoms with Crippen LogP contribution in [0.15, 0.2) is 42.5 Å². The van der Waals surface area contributed by atoms with Gasteiger partial charge in [0.2, 0.25) is 5.91 Å². The fourth-order valence-electron chi connectivity index (χ4n) is 4.76. The summed E-state index contributed by atoms with van der Waals surface area (Å²) in [7, 11) is 1.64. The third kappa shape index (κ3) is 8.10. The van der Waals surface area contributed by atoms with E-state index in [2.05, 4.69) is 24.1 Å². The predicted molar refractivity (Wildman–Crippen MR) is 142 cm³/mol. The van der Waals surface area contributed by atoms with Crippen molar-refractivity contribution in [2.75, 3.05) is 31.6 Å². The molecule has 6 heteroatoms. The van der Waals surface area contributed by atoms with Gasteiger partial charge in [0.1, 0.15) is 5.75 Å². The van der Waals surface area contributed by atoms with Crippen LogP contribution >= 0.6 is 0 Å². The molecule has 1 aliphatic heterocycles. The topological polar surface area (TPSA) is 61.9 Å². The number of nitrogens with one attached hydrogen (secondary N) is 1. The largest absolute Gasteiger partial charge is 0.497 e. The van der Waals surface area contributed by atoms with Crippen molar-refractivity contribution in [3.63, 3.8) is 0 Å². The van der Waals surface area contributed by atoms with E-state index in [1.807, 2.05) is 47.4 Å². The third-order valence-corrected chi connectivity index (χ3v) is 6.47. The van der Waals surface area contributed by atoms with E-state index in [-0.39, 0.29) is 11.8 Å². The van der Waals surface area contributed by atoms with Gasteiger partial charge in [-0.25, -0.2) is 0 Å². The Balaban J connectivity index is 1.87. The Hall–Kier alpha value is -2.86. The van der Waals surface area contributed by atoms with E-state index in [1.54, 1.807) is 14.0 Å². The highest BCUT2D eigenvalue weighted by atomic mass is 16.5. The highest BCUT2D eigenvalue weighted by Crippen LogP contribution is 2.26. The molecule has 1 aliphatic rings. The Labute approximate surface area is 210 Å². The SMILES string of the molecule is COc1cccc(CNC(=O)c2ccc3c(c2)CN(CC(C)C)CCCCCCCN3C(C)=O)c1. The van der Waals surface area contributed by atoms with Crippen molar-refractivity contribution in [3.05, 3.63) is 59.2 Å². The summed E-state index contributed by atoms with van der Waals surface area (Å²) in [5.74, 6) is 1.25. The van der Waals surface area contributed by atoms with Crippen LogP contribution in [0.1, 0.15) is 74.4 Å². The number of methoxy groups -OCH3 is 1. The molecule has 1 heterocycles. The van der Waals surface area contributed by atoms with Gasteiger partial charge in [0.15, 0.2) is 0 Å². The molecule has 35 heavy (non-hydrogen) atoms. The molecule has 0 atom stereocenters. The monoisotopic (exact) mass is 479 g/mol. The van der Waals surface area contributed by atoms with Crippen molar-refractivity contribution in [1.82, 2.24) is 10.2 Å². The Morgan fingerprint density at radius 1 is 1.00 bits per heavy atom. The Bertz CT molecular complexity index is 989. The molecule has 0 saturated carbocycles. The number of anilines is 1. The molecule has 2 aromatic rings. The predicted octanol–water partition coefficient (Wildman–Crippen LogP) is 5.40. The molecular formula is C29H41N3O3. The first-order chi connectivity index (χ1) is 16.9. The molecule has 0 fully saturated rings. The number of hydrogen-bond donors (Lipinski definition) is 1. The van der Waals surface area contributed by atoms with Gasteiger partial charge < -0.3 is 15.0 Å². The van der Waals surface area contributed by atoms with Gasteiger partial charge in [-0.2, -0.15) is 0 Å². The molecule has 0 bridgehead atoms. The lowest BCUT2D eigenvalue weighted by Gasteiger charge is -2.30. The lowest BCUT2D eigenvalue weighted by Crippen LogP contribution is -2.34. The number of carbonyl (C=O) groups excluding carboxylic acids is 2. The number of ether oxygens (including phenoxy) is 1. The van der Waals surface area contributed by atoms with E-state index in [0.29, 0.717) is 24.6 Å². The van der Waals surface area contributed by atoms with Crippen molar-refractivity contribution < 1.29 is 14.3 Å². The summed E-state index contributed by atoms with van der Waals surface area (Å²) < 4.78 is 5.28. The van der Waals surface area contributed by atoms with E-state index in [1.165, 1.54) is 19.3 Å². The second-order valence-corrected chi connectivity index (χ2v) is 9.95. The van der Waals surface area contributed by atoms with Crippen LogP contribution in [0.4, 0.5) is 5.69 Å². The Morgan fingerprint density at radius 2 is 1.74 bits per heavy atom. The molecular weight excluding hydrogens is 438 g/mol. The first-order valence-electron chi connectivity index (χ1n) is 12.9. The van der Waals surface area contributed by atoms with Crippen LogP contribution in [-0.2, 0) is 17.9 Å². The van der Waals surface area contributed by atoms with Crippen LogP contribution < -0.4 is 15.0 Å². The highest BCUT2D eigenvalue weighted by Gasteiger charge is 2.20. The van der Waals surface area contributed by atoms with Crippen molar-refractivity contribution in [2.24, 2.45) is 5.92 Å². The summed E-state index contributed by atoms with van der Waals surface area (Å²) in [6.45, 7) is 10.0. The van der Waals surface area contributed by atoms with Gasteiger partial charge >= 0.3 is 0 Å². The van der Waals surface area contributed by atoms with E-state index in [0.717, 1.165) is 55.0 Å². The van der Waals surface area contributed by atoms with Crippen LogP contribution in [0.25, 0.3) is 0 Å². The smallest absolute Gasteiger partial charge is 0.251 e. The molecule has 0 aromatic heterocycles. The summed E-state index contributed by atoms with van der Waals surface area (Å²) in [6.07, 6.45) is 5.74. The number of rotatable bonds is 6. The number of fused-ring (bicyclic) bond motifs is 1. The molecule has 2 aromatic carbocycles. The summed E-state index contributed by atoms with van der Waals surface area (Å²) in [5.41, 5.74) is 3.56. The second-order valence-electron chi connectivity index (χ2n) is 9.95. The zero-order valence-corrected chi connectivity index (χ0v) is 21.8. The molecule has 0 radical (unpaired) electrons. The van der Waals surface area contributed by atoms with Gasteiger partial charge in [-0.05, 0) is 66.8 Å². The molecule has 190 valence electrons. The zero-order valence-electron chi connectivity index (χ0n) is 21.8. The zero-order chi connectivity index (χ0) is 25.2. The lowest BCUT2D eigenvalue weighted by atomic mass is 10.0. The van der Waals surface area contributed by atoms with Crippen LogP contribution in [-0.4, -0.2) is 43.5 Å². The fourth-order valence-corrected chi connectivity index (χ4v) is 4.76. The van der Waals surface area contributed by atoms with E-state index < -0.39 is 0 Å². The van der Waals surface area contributed by atoms with Gasteiger partial charge in [-0.1, -0.05) is 45.2 Å². The number of amides is 2. The van der Waals surface area contributed by atoms with Crippen molar-refractivity contribution in [1.29, 1.82) is 0 Å². The third-order valence-electron chi connectivity index (χ3n) is 6.47. The molecule has 0 saturated heterocycles. The van der Waals surface area contributed by atoms with Gasteiger partial charge in [-0.15, -0.1) is 0 Å². The molecule has 6 nitrogen and oxygen atoms in total. The number of hydrogen-bond acceptors (Lipinski definition) is 4. The van der Waals surface area contributed by atoms with E-state index in [9.17, 15) is 9.59 Å². The van der Waals surface area contributed by atoms with Crippen molar-refractivity contribution >= 4 is 17.5 Å². The summed E-state index contributed by atoms with van der Waals surface area (Å²) in [6, 6.07) is 13.5. The normalized spacial score (nSPS) is 15.6. The maximum atomic E-state index is 13.1. The average Bonchev–Trinajstić information content (AvgIpc) is 2.83. The lowest BCUT2D eigenvalue weighted by molar-refractivity contribution is -0.116. The first-order valence-corrected chi connectivity index (χ1v) is 12.9. The minimum absolute atomic E-state index is 0.0499. The standard InChI is InChI=1S/C29H41N3O3/c1-22(2)20-31-15-8-6-5-7-9-16-32(23(3)33)28-14-13-25(18-26(28)21-31)29(34)30-19-24-11-10-12-27(17-24)35-4/h10-14,17-18,22H,5-9,15-16,19-21H2,1-4H3,(H,30,34). The minimum atomic E-state index is -0.119.